The van der Waals surface area contributed by atoms with Gasteiger partial charge in [-0.1, -0.05) is 12.1 Å². The third kappa shape index (κ3) is 4.56. The third-order valence-electron chi connectivity index (χ3n) is 5.01. The third-order valence-corrected chi connectivity index (χ3v) is 6.23. The molecule has 27 heavy (non-hydrogen) atoms. The number of para-hydroxylation sites is 1. The molecule has 1 unspecified atom stereocenters. The van der Waals surface area contributed by atoms with E-state index in [9.17, 15) is 9.59 Å². The van der Waals surface area contributed by atoms with Gasteiger partial charge in [-0.25, -0.2) is 9.78 Å². The number of quaternary nitrogens is 1. The van der Waals surface area contributed by atoms with Crippen LogP contribution in [0, 0.1) is 0 Å². The maximum Gasteiger partial charge on any atom is 0.409 e. The second kappa shape index (κ2) is 8.67. The fraction of sp³-hybridized carbons (Fsp3) is 0.526. The molecule has 1 aliphatic rings. The van der Waals surface area contributed by atoms with E-state index in [2.05, 4.69) is 13.0 Å². The molecule has 0 bridgehead atoms. The summed E-state index contributed by atoms with van der Waals surface area (Å²) in [6.45, 7) is 6.85. The lowest BCUT2D eigenvalue weighted by Gasteiger charge is -2.34. The van der Waals surface area contributed by atoms with Gasteiger partial charge in [-0.3, -0.25) is 4.79 Å². The predicted octanol–water partition coefficient (Wildman–Crippen LogP) is 1.17. The minimum atomic E-state index is -0.295. The van der Waals surface area contributed by atoms with E-state index < -0.39 is 0 Å². The molecule has 1 saturated heterocycles. The second-order valence-corrected chi connectivity index (χ2v) is 7.89. The highest BCUT2D eigenvalue weighted by Gasteiger charge is 2.28. The molecule has 1 aromatic carbocycles. The van der Waals surface area contributed by atoms with E-state index in [-0.39, 0.29) is 18.0 Å². The fourth-order valence-corrected chi connectivity index (χ4v) is 4.25. The van der Waals surface area contributed by atoms with Crippen molar-refractivity contribution in [1.29, 1.82) is 0 Å². The first kappa shape index (κ1) is 19.6. The Morgan fingerprint density at radius 2 is 1.89 bits per heavy atom. The van der Waals surface area contributed by atoms with Gasteiger partial charge in [0.05, 0.1) is 23.9 Å². The number of carbonyl (C=O) groups excluding carboxylic acids is 2. The number of fused-ring (bicyclic) bond motifs is 1. The number of aromatic nitrogens is 1. The molecule has 146 valence electrons. The molecule has 1 N–H and O–H groups in total. The summed E-state index contributed by atoms with van der Waals surface area (Å²) in [6, 6.07) is 8.25. The quantitative estimate of drug-likeness (QED) is 0.831. The number of amides is 2. The second-order valence-electron chi connectivity index (χ2n) is 6.83. The van der Waals surface area contributed by atoms with Crippen molar-refractivity contribution in [1.82, 2.24) is 14.8 Å². The molecule has 2 amide bonds. The highest BCUT2D eigenvalue weighted by molar-refractivity contribution is 7.18. The number of piperazine rings is 1. The number of benzene rings is 1. The summed E-state index contributed by atoms with van der Waals surface area (Å²) in [5.74, 6) is 0.115. The van der Waals surface area contributed by atoms with Crippen molar-refractivity contribution < 1.29 is 19.2 Å². The van der Waals surface area contributed by atoms with Crippen molar-refractivity contribution >= 4 is 33.6 Å². The molecular weight excluding hydrogens is 364 g/mol. The number of hydrogen-bond donors (Lipinski definition) is 1. The van der Waals surface area contributed by atoms with E-state index in [0.29, 0.717) is 39.3 Å². The van der Waals surface area contributed by atoms with Gasteiger partial charge in [0.2, 0.25) is 0 Å². The smallest absolute Gasteiger partial charge is 0.409 e. The lowest BCUT2D eigenvalue weighted by atomic mass is 10.2. The normalized spacial score (nSPS) is 17.0. The van der Waals surface area contributed by atoms with E-state index >= 15 is 0 Å². The van der Waals surface area contributed by atoms with Crippen molar-refractivity contribution in [2.45, 2.75) is 19.9 Å². The zero-order chi connectivity index (χ0) is 19.4. The summed E-state index contributed by atoms with van der Waals surface area (Å²) in [5, 5.41) is 1.05. The monoisotopic (exact) mass is 391 g/mol. The molecule has 2 atom stereocenters. The van der Waals surface area contributed by atoms with Gasteiger partial charge in [-0.05, 0) is 26.0 Å². The number of carbonyl (C=O) groups is 2. The van der Waals surface area contributed by atoms with Crippen LogP contribution in [0.5, 0.6) is 0 Å². The molecule has 8 heteroatoms. The lowest BCUT2D eigenvalue weighted by Crippen LogP contribution is -3.10. The Morgan fingerprint density at radius 1 is 1.22 bits per heavy atom. The van der Waals surface area contributed by atoms with Crippen LogP contribution >= 0.6 is 11.3 Å². The van der Waals surface area contributed by atoms with Crippen LogP contribution in [-0.4, -0.2) is 73.2 Å². The molecule has 1 aromatic heterocycles. The summed E-state index contributed by atoms with van der Waals surface area (Å²) in [5.41, 5.74) is 1.01. The van der Waals surface area contributed by atoms with Crippen molar-refractivity contribution in [3.8, 4) is 0 Å². The largest absolute Gasteiger partial charge is 0.450 e. The van der Waals surface area contributed by atoms with Crippen LogP contribution in [0.2, 0.25) is 0 Å². The lowest BCUT2D eigenvalue weighted by molar-refractivity contribution is -0.902. The maximum absolute atomic E-state index is 12.7. The highest BCUT2D eigenvalue weighted by atomic mass is 32.1. The van der Waals surface area contributed by atoms with Gasteiger partial charge in [0.15, 0.2) is 11.6 Å². The number of thiazole rings is 1. The van der Waals surface area contributed by atoms with E-state index in [1.807, 2.05) is 30.1 Å². The number of hydrogen-bond acceptors (Lipinski definition) is 5. The van der Waals surface area contributed by atoms with Crippen LogP contribution in [0.25, 0.3) is 10.2 Å². The molecule has 1 fully saturated rings. The molecule has 0 aliphatic carbocycles. The van der Waals surface area contributed by atoms with Crippen molar-refractivity contribution in [3.63, 3.8) is 0 Å². The van der Waals surface area contributed by atoms with Gasteiger partial charge in [0.25, 0.3) is 5.91 Å². The summed E-state index contributed by atoms with van der Waals surface area (Å²) in [7, 11) is 2.03. The average molecular weight is 392 g/mol. The van der Waals surface area contributed by atoms with Gasteiger partial charge >= 0.3 is 6.09 Å². The molecule has 1 aliphatic heterocycles. The standard InChI is InChI=1S/C19H26N4O3S/c1-4-26-19(25)23-11-9-22(10-12-23)17(24)13-21(3)14(2)18-20-15-7-5-6-8-16(15)27-18/h5-8,14H,4,9-13H2,1-3H3/p+1/t14-/m1/s1. The minimum Gasteiger partial charge on any atom is -0.450 e. The number of likely N-dealkylation sites (N-methyl/N-ethyl adjacent to an activating group) is 1. The molecular formula is C19H27N4O3S+. The van der Waals surface area contributed by atoms with E-state index in [1.54, 1.807) is 23.2 Å². The van der Waals surface area contributed by atoms with Gasteiger partial charge < -0.3 is 19.4 Å². The first-order chi connectivity index (χ1) is 13.0. The van der Waals surface area contributed by atoms with Crippen LogP contribution in [0.4, 0.5) is 4.79 Å². The first-order valence-electron chi connectivity index (χ1n) is 9.36. The maximum atomic E-state index is 12.7. The summed E-state index contributed by atoms with van der Waals surface area (Å²) in [4.78, 5) is 33.8. The van der Waals surface area contributed by atoms with Crippen LogP contribution in [0.3, 0.4) is 0 Å². The molecule has 0 radical (unpaired) electrons. The Morgan fingerprint density at radius 3 is 2.56 bits per heavy atom. The van der Waals surface area contributed by atoms with Gasteiger partial charge in [-0.2, -0.15) is 0 Å². The van der Waals surface area contributed by atoms with E-state index in [0.717, 1.165) is 15.4 Å². The topological polar surface area (TPSA) is 67.2 Å². The summed E-state index contributed by atoms with van der Waals surface area (Å²) < 4.78 is 6.20. The molecule has 2 aromatic rings. The molecule has 7 nitrogen and oxygen atoms in total. The predicted molar refractivity (Wildman–Crippen MR) is 105 cm³/mol. The van der Waals surface area contributed by atoms with Crippen LogP contribution in [0.15, 0.2) is 24.3 Å². The Bertz CT molecular complexity index is 768. The molecule has 2 heterocycles. The first-order valence-corrected chi connectivity index (χ1v) is 10.2. The van der Waals surface area contributed by atoms with Crippen molar-refractivity contribution in [2.75, 3.05) is 46.4 Å². The average Bonchev–Trinajstić information content (AvgIpc) is 3.11. The Balaban J connectivity index is 1.53. The summed E-state index contributed by atoms with van der Waals surface area (Å²) in [6.07, 6.45) is -0.295. The zero-order valence-electron chi connectivity index (χ0n) is 16.1. The minimum absolute atomic E-state index is 0.115. The van der Waals surface area contributed by atoms with Crippen LogP contribution in [0.1, 0.15) is 24.9 Å². The summed E-state index contributed by atoms with van der Waals surface area (Å²) >= 11 is 1.69. The van der Waals surface area contributed by atoms with Gasteiger partial charge in [0.1, 0.15) is 6.04 Å². The zero-order valence-corrected chi connectivity index (χ0v) is 16.9. The number of rotatable bonds is 5. The molecule has 0 spiro atoms. The van der Waals surface area contributed by atoms with E-state index in [1.165, 1.54) is 4.70 Å². The van der Waals surface area contributed by atoms with Crippen molar-refractivity contribution in [3.05, 3.63) is 29.3 Å². The molecule has 0 saturated carbocycles. The number of nitrogens with zero attached hydrogens (tertiary/aromatic N) is 3. The fourth-order valence-electron chi connectivity index (χ4n) is 3.14. The SMILES string of the molecule is CCOC(=O)N1CCN(C(=O)C[NH+](C)[C@H](C)c2nc3ccccc3s2)CC1. The van der Waals surface area contributed by atoms with Crippen LogP contribution < -0.4 is 4.90 Å². The van der Waals surface area contributed by atoms with Crippen LogP contribution in [-0.2, 0) is 9.53 Å². The van der Waals surface area contributed by atoms with Gasteiger partial charge in [-0.15, -0.1) is 11.3 Å². The van der Waals surface area contributed by atoms with Crippen molar-refractivity contribution in [2.24, 2.45) is 0 Å². The van der Waals surface area contributed by atoms with E-state index in [4.69, 9.17) is 9.72 Å². The Labute approximate surface area is 163 Å². The molecule has 3 rings (SSSR count). The van der Waals surface area contributed by atoms with Gasteiger partial charge in [0, 0.05) is 26.2 Å². The number of nitrogens with one attached hydrogen (secondary N) is 1. The number of ether oxygens (including phenoxy) is 1. The Kier molecular flexibility index (Phi) is 6.28. The Hall–Kier alpha value is -2.19. The highest BCUT2D eigenvalue weighted by Crippen LogP contribution is 2.24.